The molecule has 0 aromatic carbocycles. The molecule has 6 nitrogen and oxygen atoms in total. The Balaban J connectivity index is 1.44. The number of hydrogen-bond donors (Lipinski definition) is 2. The number of pyridine rings is 1. The number of aryl methyl sites for hydroxylation is 1. The van der Waals surface area contributed by atoms with Gasteiger partial charge < -0.3 is 15.3 Å². The SMILES string of the molecule is CCc1cc2c(NCc3ccc(N4CCCCC4CCO)nc3)ncnc2s1. The molecule has 3 aromatic rings. The van der Waals surface area contributed by atoms with Gasteiger partial charge in [-0.2, -0.15) is 0 Å². The molecule has 0 amide bonds. The summed E-state index contributed by atoms with van der Waals surface area (Å²) < 4.78 is 0. The third-order valence-corrected chi connectivity index (χ3v) is 6.57. The number of anilines is 2. The van der Waals surface area contributed by atoms with E-state index < -0.39 is 0 Å². The summed E-state index contributed by atoms with van der Waals surface area (Å²) in [6, 6.07) is 6.81. The van der Waals surface area contributed by atoms with Crippen molar-refractivity contribution in [2.45, 2.75) is 51.6 Å². The van der Waals surface area contributed by atoms with Gasteiger partial charge in [0.1, 0.15) is 22.8 Å². The predicted molar refractivity (Wildman–Crippen MR) is 115 cm³/mol. The lowest BCUT2D eigenvalue weighted by atomic mass is 9.99. The van der Waals surface area contributed by atoms with E-state index in [1.807, 2.05) is 6.20 Å². The lowest BCUT2D eigenvalue weighted by Crippen LogP contribution is -2.40. The Labute approximate surface area is 169 Å². The second-order valence-corrected chi connectivity index (χ2v) is 8.36. The molecular formula is C21H27N5OS. The predicted octanol–water partition coefficient (Wildman–Crippen LogP) is 4.00. The Morgan fingerprint density at radius 3 is 2.96 bits per heavy atom. The molecule has 0 aliphatic carbocycles. The molecule has 2 N–H and O–H groups in total. The maximum Gasteiger partial charge on any atom is 0.138 e. The first-order valence-electron chi connectivity index (χ1n) is 10.1. The summed E-state index contributed by atoms with van der Waals surface area (Å²) in [5.74, 6) is 1.89. The zero-order valence-electron chi connectivity index (χ0n) is 16.3. The van der Waals surface area contributed by atoms with Crippen LogP contribution in [0.25, 0.3) is 10.2 Å². The van der Waals surface area contributed by atoms with Gasteiger partial charge in [-0.25, -0.2) is 15.0 Å². The van der Waals surface area contributed by atoms with Gasteiger partial charge in [-0.1, -0.05) is 13.0 Å². The van der Waals surface area contributed by atoms with Crippen LogP contribution in [0.5, 0.6) is 0 Å². The summed E-state index contributed by atoms with van der Waals surface area (Å²) >= 11 is 1.73. The third-order valence-electron chi connectivity index (χ3n) is 5.38. The molecule has 1 saturated heterocycles. The fraction of sp³-hybridized carbons (Fsp3) is 0.476. The van der Waals surface area contributed by atoms with Gasteiger partial charge in [0.2, 0.25) is 0 Å². The average Bonchev–Trinajstić information content (AvgIpc) is 3.17. The number of aliphatic hydroxyl groups is 1. The Kier molecular flexibility index (Phi) is 6.02. The molecule has 7 heteroatoms. The van der Waals surface area contributed by atoms with Crippen LogP contribution in [-0.4, -0.2) is 39.3 Å². The van der Waals surface area contributed by atoms with Gasteiger partial charge in [0.05, 0.1) is 5.39 Å². The highest BCUT2D eigenvalue weighted by Crippen LogP contribution is 2.29. The van der Waals surface area contributed by atoms with E-state index in [2.05, 4.69) is 45.3 Å². The standard InChI is InChI=1S/C21H27N5OS/c1-2-17-11-18-20(24-14-25-21(18)28-17)23-13-15-6-7-19(22-12-15)26-9-4-3-5-16(26)8-10-27/h6-7,11-12,14,16,27H,2-5,8-10,13H2,1H3,(H,23,24,25). The van der Waals surface area contributed by atoms with E-state index in [4.69, 9.17) is 4.98 Å². The number of nitrogens with zero attached hydrogens (tertiary/aromatic N) is 4. The summed E-state index contributed by atoms with van der Waals surface area (Å²) in [5.41, 5.74) is 1.12. The molecule has 1 unspecified atom stereocenters. The number of piperidine rings is 1. The van der Waals surface area contributed by atoms with Gasteiger partial charge in [-0.15, -0.1) is 11.3 Å². The molecule has 3 aromatic heterocycles. The van der Waals surface area contributed by atoms with E-state index >= 15 is 0 Å². The van der Waals surface area contributed by atoms with Crippen LogP contribution in [0.4, 0.5) is 11.6 Å². The maximum atomic E-state index is 9.33. The summed E-state index contributed by atoms with van der Waals surface area (Å²) in [6.07, 6.45) is 8.95. The van der Waals surface area contributed by atoms with Crippen LogP contribution < -0.4 is 10.2 Å². The van der Waals surface area contributed by atoms with Crippen LogP contribution in [0, 0.1) is 0 Å². The molecule has 1 atom stereocenters. The van der Waals surface area contributed by atoms with Crippen molar-refractivity contribution in [1.82, 2.24) is 15.0 Å². The average molecular weight is 398 g/mol. The molecule has 28 heavy (non-hydrogen) atoms. The number of thiophene rings is 1. The molecule has 148 valence electrons. The van der Waals surface area contributed by atoms with Crippen molar-refractivity contribution in [2.75, 3.05) is 23.4 Å². The summed E-state index contributed by atoms with van der Waals surface area (Å²) in [4.78, 5) is 18.2. The monoisotopic (exact) mass is 397 g/mol. The molecule has 4 rings (SSSR count). The lowest BCUT2D eigenvalue weighted by molar-refractivity contribution is 0.262. The number of fused-ring (bicyclic) bond motifs is 1. The zero-order valence-corrected chi connectivity index (χ0v) is 17.1. The van der Waals surface area contributed by atoms with Crippen molar-refractivity contribution in [2.24, 2.45) is 0 Å². The minimum absolute atomic E-state index is 0.235. The van der Waals surface area contributed by atoms with Crippen LogP contribution in [0.3, 0.4) is 0 Å². The van der Waals surface area contributed by atoms with Crippen molar-refractivity contribution in [1.29, 1.82) is 0 Å². The topological polar surface area (TPSA) is 74.2 Å². The van der Waals surface area contributed by atoms with E-state index in [1.54, 1.807) is 17.7 Å². The molecular weight excluding hydrogens is 370 g/mol. The van der Waals surface area contributed by atoms with Crippen molar-refractivity contribution in [3.05, 3.63) is 41.2 Å². The van der Waals surface area contributed by atoms with Gasteiger partial charge in [-0.3, -0.25) is 0 Å². The molecule has 0 saturated carbocycles. The smallest absolute Gasteiger partial charge is 0.138 e. The highest BCUT2D eigenvalue weighted by molar-refractivity contribution is 7.18. The first kappa shape index (κ1) is 19.1. The van der Waals surface area contributed by atoms with E-state index in [0.717, 1.165) is 53.2 Å². The first-order chi connectivity index (χ1) is 13.8. The molecule has 1 aliphatic heterocycles. The molecule has 1 aliphatic rings. The summed E-state index contributed by atoms with van der Waals surface area (Å²) in [5, 5.41) is 13.9. The molecule has 0 radical (unpaired) electrons. The van der Waals surface area contributed by atoms with Crippen molar-refractivity contribution in [3.8, 4) is 0 Å². The Morgan fingerprint density at radius 2 is 2.18 bits per heavy atom. The van der Waals surface area contributed by atoms with Gasteiger partial charge in [0.25, 0.3) is 0 Å². The van der Waals surface area contributed by atoms with Gasteiger partial charge in [-0.05, 0) is 49.8 Å². The molecule has 0 spiro atoms. The molecule has 1 fully saturated rings. The van der Waals surface area contributed by atoms with Crippen LogP contribution >= 0.6 is 11.3 Å². The largest absolute Gasteiger partial charge is 0.396 e. The van der Waals surface area contributed by atoms with Crippen LogP contribution in [0.2, 0.25) is 0 Å². The van der Waals surface area contributed by atoms with Crippen LogP contribution in [0.1, 0.15) is 43.0 Å². The highest BCUT2D eigenvalue weighted by Gasteiger charge is 2.22. The quantitative estimate of drug-likeness (QED) is 0.628. The summed E-state index contributed by atoms with van der Waals surface area (Å²) in [6.45, 7) is 4.09. The number of aliphatic hydroxyl groups excluding tert-OH is 1. The highest BCUT2D eigenvalue weighted by atomic mass is 32.1. The lowest BCUT2D eigenvalue weighted by Gasteiger charge is -2.36. The van der Waals surface area contributed by atoms with Crippen molar-refractivity contribution in [3.63, 3.8) is 0 Å². The second-order valence-electron chi connectivity index (χ2n) is 7.24. The normalized spacial score (nSPS) is 17.2. The van der Waals surface area contributed by atoms with E-state index in [0.29, 0.717) is 12.6 Å². The fourth-order valence-electron chi connectivity index (χ4n) is 3.85. The fourth-order valence-corrected chi connectivity index (χ4v) is 4.78. The third kappa shape index (κ3) is 4.10. The summed E-state index contributed by atoms with van der Waals surface area (Å²) in [7, 11) is 0. The van der Waals surface area contributed by atoms with Crippen LogP contribution in [0.15, 0.2) is 30.7 Å². The second kappa shape index (κ2) is 8.84. The van der Waals surface area contributed by atoms with E-state index in [1.165, 1.54) is 17.7 Å². The molecule has 0 bridgehead atoms. The Hall–Kier alpha value is -2.25. The van der Waals surface area contributed by atoms with Gasteiger partial charge in [0.15, 0.2) is 0 Å². The minimum atomic E-state index is 0.235. The van der Waals surface area contributed by atoms with Crippen molar-refractivity contribution >= 4 is 33.2 Å². The Morgan fingerprint density at radius 1 is 1.25 bits per heavy atom. The first-order valence-corrected chi connectivity index (χ1v) is 10.9. The maximum absolute atomic E-state index is 9.33. The number of hydrogen-bond acceptors (Lipinski definition) is 7. The zero-order chi connectivity index (χ0) is 19.3. The van der Waals surface area contributed by atoms with E-state index in [-0.39, 0.29) is 6.61 Å². The van der Waals surface area contributed by atoms with Gasteiger partial charge >= 0.3 is 0 Å². The van der Waals surface area contributed by atoms with Crippen molar-refractivity contribution < 1.29 is 5.11 Å². The minimum Gasteiger partial charge on any atom is -0.396 e. The Bertz CT molecular complexity index is 909. The number of nitrogens with one attached hydrogen (secondary N) is 1. The van der Waals surface area contributed by atoms with Crippen LogP contribution in [-0.2, 0) is 13.0 Å². The number of rotatable bonds is 7. The van der Waals surface area contributed by atoms with E-state index in [9.17, 15) is 5.11 Å². The molecule has 4 heterocycles. The number of aromatic nitrogens is 3. The van der Waals surface area contributed by atoms with Gasteiger partial charge in [0, 0.05) is 36.8 Å².